The summed E-state index contributed by atoms with van der Waals surface area (Å²) >= 11 is 0. The van der Waals surface area contributed by atoms with Crippen molar-refractivity contribution in [1.29, 1.82) is 5.26 Å². The molecule has 0 amide bonds. The van der Waals surface area contributed by atoms with Gasteiger partial charge >= 0.3 is 0 Å². The van der Waals surface area contributed by atoms with Gasteiger partial charge in [0, 0.05) is 30.8 Å². The number of methoxy groups -OCH3 is 3. The average molecular weight is 469 g/mol. The molecule has 4 rings (SSSR count). The number of rotatable bonds is 5. The number of hydrazine groups is 1. The maximum Gasteiger partial charge on any atom is 0.203 e. The number of Topliss-reactive ketones (excluding diaryl/α,β-unsaturated/α-hetero) is 1. The Kier molecular flexibility index (Phi) is 6.47. The Balaban J connectivity index is 1.96. The molecule has 0 bridgehead atoms. The van der Waals surface area contributed by atoms with Crippen LogP contribution in [0.4, 0.5) is 0 Å². The molecule has 1 saturated heterocycles. The van der Waals surface area contributed by atoms with Crippen molar-refractivity contribution >= 4 is 5.78 Å². The highest BCUT2D eigenvalue weighted by atomic mass is 16.5. The number of hydrogen-bond donors (Lipinski definition) is 1. The molecule has 1 aliphatic carbocycles. The molecule has 9 heteroatoms. The fourth-order valence-corrected chi connectivity index (χ4v) is 5.17. The van der Waals surface area contributed by atoms with Crippen LogP contribution in [0.1, 0.15) is 38.2 Å². The highest BCUT2D eigenvalue weighted by molar-refractivity contribution is 6.00. The van der Waals surface area contributed by atoms with Crippen molar-refractivity contribution in [3.63, 3.8) is 0 Å². The summed E-state index contributed by atoms with van der Waals surface area (Å²) in [5, 5.41) is 14.2. The molecule has 34 heavy (non-hydrogen) atoms. The van der Waals surface area contributed by atoms with E-state index in [0.29, 0.717) is 78.9 Å². The van der Waals surface area contributed by atoms with Gasteiger partial charge in [0.1, 0.15) is 5.82 Å². The number of allylic oxidation sites excluding steroid dienone is 3. The summed E-state index contributed by atoms with van der Waals surface area (Å²) in [6.07, 6.45) is 1.05. The van der Waals surface area contributed by atoms with Crippen LogP contribution in [0.3, 0.4) is 0 Å². The first kappa shape index (κ1) is 23.9. The van der Waals surface area contributed by atoms with E-state index in [9.17, 15) is 10.1 Å². The molecule has 1 aromatic rings. The van der Waals surface area contributed by atoms with E-state index in [-0.39, 0.29) is 11.2 Å². The van der Waals surface area contributed by atoms with Gasteiger partial charge in [0.15, 0.2) is 17.3 Å². The van der Waals surface area contributed by atoms with Crippen LogP contribution in [0.15, 0.2) is 34.8 Å². The van der Waals surface area contributed by atoms with E-state index in [1.54, 1.807) is 12.1 Å². The zero-order valence-corrected chi connectivity index (χ0v) is 20.4. The normalized spacial score (nSPS) is 22.9. The Labute approximate surface area is 200 Å². The summed E-state index contributed by atoms with van der Waals surface area (Å²) in [6, 6.07) is 5.89. The molecule has 2 heterocycles. The standard InChI is InChI=1S/C25H32N4O5/c1-25(2)12-17-22(18(30)13-25)21(15-10-19(31-3)23(33-5)20(11-15)32-4)16(14-26)24(27)29(17)28-6-8-34-9-7-28/h10-11,21H,6-9,12-13,27H2,1-5H3/t21-/m1/s1. The number of ketones is 1. The van der Waals surface area contributed by atoms with Crippen molar-refractivity contribution in [3.05, 3.63) is 40.4 Å². The zero-order chi connectivity index (χ0) is 24.6. The number of morpholine rings is 1. The van der Waals surface area contributed by atoms with Crippen molar-refractivity contribution in [2.75, 3.05) is 47.6 Å². The Morgan fingerprint density at radius 2 is 1.71 bits per heavy atom. The first-order valence-corrected chi connectivity index (χ1v) is 11.3. The first-order valence-electron chi connectivity index (χ1n) is 11.3. The molecule has 3 aliphatic rings. The lowest BCUT2D eigenvalue weighted by Crippen LogP contribution is -2.53. The Hall–Kier alpha value is -3.22. The van der Waals surface area contributed by atoms with E-state index in [0.717, 1.165) is 5.70 Å². The van der Waals surface area contributed by atoms with Crippen LogP contribution in [0.2, 0.25) is 0 Å². The van der Waals surface area contributed by atoms with Gasteiger partial charge in [-0.1, -0.05) is 13.8 Å². The van der Waals surface area contributed by atoms with Gasteiger partial charge in [-0.05, 0) is 29.5 Å². The molecule has 0 radical (unpaired) electrons. The molecule has 9 nitrogen and oxygen atoms in total. The van der Waals surface area contributed by atoms with Crippen molar-refractivity contribution in [2.45, 2.75) is 32.6 Å². The lowest BCUT2D eigenvalue weighted by atomic mass is 9.69. The summed E-state index contributed by atoms with van der Waals surface area (Å²) in [4.78, 5) is 13.7. The topological polar surface area (TPSA) is 110 Å². The van der Waals surface area contributed by atoms with Gasteiger partial charge < -0.3 is 24.7 Å². The fraction of sp³-hybridized carbons (Fsp3) is 0.520. The third-order valence-electron chi connectivity index (χ3n) is 6.64. The molecule has 0 saturated carbocycles. The van der Waals surface area contributed by atoms with Gasteiger partial charge in [-0.3, -0.25) is 9.80 Å². The second-order valence-corrected chi connectivity index (χ2v) is 9.48. The van der Waals surface area contributed by atoms with E-state index in [1.807, 2.05) is 5.01 Å². The second kappa shape index (κ2) is 9.20. The molecular formula is C25H32N4O5. The summed E-state index contributed by atoms with van der Waals surface area (Å²) < 4.78 is 22.1. The zero-order valence-electron chi connectivity index (χ0n) is 20.4. The highest BCUT2D eigenvalue weighted by Gasteiger charge is 2.46. The SMILES string of the molecule is COc1cc([C@@H]2C(C#N)=C(N)N(N3CCOCC3)C3=C2C(=O)CC(C)(C)C3)cc(OC)c1OC. The third-order valence-corrected chi connectivity index (χ3v) is 6.64. The first-order chi connectivity index (χ1) is 16.3. The summed E-state index contributed by atoms with van der Waals surface area (Å²) in [7, 11) is 4.61. The van der Waals surface area contributed by atoms with E-state index in [4.69, 9.17) is 24.7 Å². The minimum absolute atomic E-state index is 0.0171. The van der Waals surface area contributed by atoms with Crippen molar-refractivity contribution in [3.8, 4) is 23.3 Å². The monoisotopic (exact) mass is 468 g/mol. The molecule has 0 unspecified atom stereocenters. The summed E-state index contributed by atoms with van der Waals surface area (Å²) in [5.41, 5.74) is 8.93. The number of nitrogens with zero attached hydrogens (tertiary/aromatic N) is 3. The number of carbonyl (C=O) groups is 1. The van der Waals surface area contributed by atoms with Crippen LogP contribution in [0.25, 0.3) is 0 Å². The molecule has 2 N–H and O–H groups in total. The van der Waals surface area contributed by atoms with Gasteiger partial charge in [-0.15, -0.1) is 0 Å². The van der Waals surface area contributed by atoms with Crippen LogP contribution >= 0.6 is 0 Å². The van der Waals surface area contributed by atoms with Gasteiger partial charge in [-0.25, -0.2) is 5.01 Å². The average Bonchev–Trinajstić information content (AvgIpc) is 2.82. The Morgan fingerprint density at radius 3 is 2.24 bits per heavy atom. The number of hydrogen-bond acceptors (Lipinski definition) is 9. The van der Waals surface area contributed by atoms with Crippen molar-refractivity contribution < 1.29 is 23.7 Å². The van der Waals surface area contributed by atoms with Crippen molar-refractivity contribution in [1.82, 2.24) is 10.0 Å². The van der Waals surface area contributed by atoms with Gasteiger partial charge in [0.2, 0.25) is 5.75 Å². The van der Waals surface area contributed by atoms with Crippen LogP contribution in [0.5, 0.6) is 17.2 Å². The van der Waals surface area contributed by atoms with Crippen LogP contribution < -0.4 is 19.9 Å². The summed E-state index contributed by atoms with van der Waals surface area (Å²) in [6.45, 7) is 6.53. The quantitative estimate of drug-likeness (QED) is 0.697. The predicted molar refractivity (Wildman–Crippen MR) is 125 cm³/mol. The highest BCUT2D eigenvalue weighted by Crippen LogP contribution is 2.51. The van der Waals surface area contributed by atoms with Crippen LogP contribution in [0, 0.1) is 16.7 Å². The predicted octanol–water partition coefficient (Wildman–Crippen LogP) is 2.70. The number of nitrogens with two attached hydrogens (primary N) is 1. The second-order valence-electron chi connectivity index (χ2n) is 9.48. The molecule has 0 spiro atoms. The lowest BCUT2D eigenvalue weighted by molar-refractivity contribution is -0.119. The number of benzene rings is 1. The minimum Gasteiger partial charge on any atom is -0.493 e. The Morgan fingerprint density at radius 1 is 1.09 bits per heavy atom. The molecule has 182 valence electrons. The molecule has 1 atom stereocenters. The Bertz CT molecular complexity index is 1070. The van der Waals surface area contributed by atoms with E-state index in [1.165, 1.54) is 21.3 Å². The maximum atomic E-state index is 13.7. The van der Waals surface area contributed by atoms with E-state index < -0.39 is 5.92 Å². The number of ether oxygens (including phenoxy) is 4. The number of carbonyl (C=O) groups excluding carboxylic acids is 1. The van der Waals surface area contributed by atoms with E-state index >= 15 is 0 Å². The largest absolute Gasteiger partial charge is 0.493 e. The maximum absolute atomic E-state index is 13.7. The van der Waals surface area contributed by atoms with Crippen LogP contribution in [-0.2, 0) is 9.53 Å². The lowest BCUT2D eigenvalue weighted by Gasteiger charge is -2.48. The van der Waals surface area contributed by atoms with E-state index in [2.05, 4.69) is 24.9 Å². The third kappa shape index (κ3) is 3.97. The molecular weight excluding hydrogens is 436 g/mol. The van der Waals surface area contributed by atoms with Gasteiger partial charge in [0.25, 0.3) is 0 Å². The fourth-order valence-electron chi connectivity index (χ4n) is 5.17. The van der Waals surface area contributed by atoms with Gasteiger partial charge in [-0.2, -0.15) is 5.26 Å². The minimum atomic E-state index is -0.630. The number of nitriles is 1. The van der Waals surface area contributed by atoms with Gasteiger partial charge in [0.05, 0.1) is 52.1 Å². The smallest absolute Gasteiger partial charge is 0.203 e. The molecule has 2 aliphatic heterocycles. The molecule has 1 fully saturated rings. The van der Waals surface area contributed by atoms with Crippen LogP contribution in [-0.4, -0.2) is 63.4 Å². The molecule has 1 aromatic carbocycles. The molecule has 0 aromatic heterocycles. The van der Waals surface area contributed by atoms with Crippen molar-refractivity contribution in [2.24, 2.45) is 11.1 Å². The summed E-state index contributed by atoms with van der Waals surface area (Å²) in [5.74, 6) is 1.08.